The van der Waals surface area contributed by atoms with Crippen molar-refractivity contribution < 1.29 is 14.4 Å². The number of thioether (sulfide) groups is 1. The van der Waals surface area contributed by atoms with Gasteiger partial charge in [-0.2, -0.15) is 16.7 Å². The highest BCUT2D eigenvalue weighted by Crippen LogP contribution is 2.20. The van der Waals surface area contributed by atoms with E-state index in [4.69, 9.17) is 9.63 Å². The highest BCUT2D eigenvalue weighted by molar-refractivity contribution is 7.98. The fraction of sp³-hybridized carbons (Fsp3) is 0.727. The van der Waals surface area contributed by atoms with Crippen molar-refractivity contribution in [2.24, 2.45) is 5.92 Å². The molecule has 1 unspecified atom stereocenters. The largest absolute Gasteiger partial charge is 0.481 e. The molecule has 1 aromatic heterocycles. The van der Waals surface area contributed by atoms with E-state index in [0.29, 0.717) is 23.2 Å². The monoisotopic (exact) mass is 258 g/mol. The quantitative estimate of drug-likeness (QED) is 0.873. The average molecular weight is 258 g/mol. The van der Waals surface area contributed by atoms with Gasteiger partial charge in [-0.05, 0) is 0 Å². The molecule has 0 aliphatic heterocycles. The van der Waals surface area contributed by atoms with Gasteiger partial charge in [0.1, 0.15) is 0 Å². The lowest BCUT2D eigenvalue weighted by atomic mass is 9.96. The Balaban J connectivity index is 2.43. The molecule has 0 amide bonds. The highest BCUT2D eigenvalue weighted by atomic mass is 32.2. The van der Waals surface area contributed by atoms with Gasteiger partial charge in [-0.25, -0.2) is 0 Å². The minimum atomic E-state index is -0.779. The molecule has 0 bridgehead atoms. The minimum Gasteiger partial charge on any atom is -0.481 e. The van der Waals surface area contributed by atoms with Crippen LogP contribution in [-0.2, 0) is 16.0 Å². The highest BCUT2D eigenvalue weighted by Gasteiger charge is 2.21. The third-order valence-electron chi connectivity index (χ3n) is 2.15. The second kappa shape index (κ2) is 5.53. The van der Waals surface area contributed by atoms with Gasteiger partial charge in [-0.3, -0.25) is 4.79 Å². The van der Waals surface area contributed by atoms with Crippen LogP contribution in [0.25, 0.3) is 0 Å². The predicted molar refractivity (Wildman–Crippen MR) is 66.0 cm³/mol. The molecule has 0 spiro atoms. The van der Waals surface area contributed by atoms with Crippen LogP contribution in [0.1, 0.15) is 39.4 Å². The molecule has 0 saturated heterocycles. The van der Waals surface area contributed by atoms with Gasteiger partial charge in [0, 0.05) is 11.2 Å². The zero-order valence-corrected chi connectivity index (χ0v) is 11.4. The molecule has 1 heterocycles. The molecule has 1 atom stereocenters. The molecule has 0 saturated carbocycles. The molecule has 5 nitrogen and oxygen atoms in total. The van der Waals surface area contributed by atoms with E-state index >= 15 is 0 Å². The van der Waals surface area contributed by atoms with Crippen LogP contribution in [0, 0.1) is 5.92 Å². The van der Waals surface area contributed by atoms with E-state index in [1.807, 2.05) is 20.8 Å². The number of carboxylic acid groups (broad SMARTS) is 1. The minimum absolute atomic E-state index is 0.124. The summed E-state index contributed by atoms with van der Waals surface area (Å²) in [5, 5.41) is 12.6. The SMILES string of the molecule is CC(CSCc1nc(C(C)(C)C)no1)C(=O)O. The number of nitrogens with zero attached hydrogens (tertiary/aromatic N) is 2. The van der Waals surface area contributed by atoms with Crippen molar-refractivity contribution in [3.05, 3.63) is 11.7 Å². The van der Waals surface area contributed by atoms with Crippen LogP contribution < -0.4 is 0 Å². The van der Waals surface area contributed by atoms with Gasteiger partial charge in [-0.15, -0.1) is 0 Å². The molecular weight excluding hydrogens is 240 g/mol. The van der Waals surface area contributed by atoms with Crippen molar-refractivity contribution in [3.63, 3.8) is 0 Å². The maximum Gasteiger partial charge on any atom is 0.307 e. The van der Waals surface area contributed by atoms with Crippen LogP contribution in [0.15, 0.2) is 4.52 Å². The van der Waals surface area contributed by atoms with Crippen molar-refractivity contribution in [2.45, 2.75) is 38.9 Å². The molecule has 1 aromatic rings. The summed E-state index contributed by atoms with van der Waals surface area (Å²) in [6.07, 6.45) is 0. The first kappa shape index (κ1) is 14.0. The molecule has 1 N–H and O–H groups in total. The number of hydrogen-bond donors (Lipinski definition) is 1. The smallest absolute Gasteiger partial charge is 0.307 e. The zero-order chi connectivity index (χ0) is 13.1. The molecule has 96 valence electrons. The summed E-state index contributed by atoms with van der Waals surface area (Å²) in [4.78, 5) is 14.9. The van der Waals surface area contributed by atoms with E-state index in [2.05, 4.69) is 10.1 Å². The van der Waals surface area contributed by atoms with Crippen LogP contribution in [0.5, 0.6) is 0 Å². The van der Waals surface area contributed by atoms with Gasteiger partial charge in [0.25, 0.3) is 0 Å². The normalized spacial score (nSPS) is 13.6. The topological polar surface area (TPSA) is 76.2 Å². The molecular formula is C11H18N2O3S. The van der Waals surface area contributed by atoms with Crippen LogP contribution in [0.2, 0.25) is 0 Å². The standard InChI is InChI=1S/C11H18N2O3S/c1-7(9(14)15)5-17-6-8-12-10(13-16-8)11(2,3)4/h7H,5-6H2,1-4H3,(H,14,15). The van der Waals surface area contributed by atoms with Gasteiger partial charge in [-0.1, -0.05) is 32.9 Å². The maximum absolute atomic E-state index is 10.6. The first-order valence-corrected chi connectivity index (χ1v) is 6.60. The van der Waals surface area contributed by atoms with Gasteiger partial charge in [0.05, 0.1) is 11.7 Å². The first-order chi connectivity index (χ1) is 7.80. The molecule has 0 radical (unpaired) electrons. The second-order valence-corrected chi connectivity index (χ2v) is 6.05. The lowest BCUT2D eigenvalue weighted by Crippen LogP contribution is -2.13. The Morgan fingerprint density at radius 1 is 1.53 bits per heavy atom. The Hall–Kier alpha value is -1.04. The van der Waals surface area contributed by atoms with E-state index in [9.17, 15) is 4.79 Å². The Labute approximate surface area is 105 Å². The zero-order valence-electron chi connectivity index (χ0n) is 10.6. The molecule has 0 aromatic carbocycles. The van der Waals surface area contributed by atoms with Crippen molar-refractivity contribution in [1.82, 2.24) is 10.1 Å². The lowest BCUT2D eigenvalue weighted by Gasteiger charge is -2.10. The number of carboxylic acids is 1. The molecule has 0 aliphatic rings. The van der Waals surface area contributed by atoms with Gasteiger partial charge in [0.2, 0.25) is 5.89 Å². The molecule has 0 fully saturated rings. The summed E-state index contributed by atoms with van der Waals surface area (Å²) in [6, 6.07) is 0. The molecule has 17 heavy (non-hydrogen) atoms. The summed E-state index contributed by atoms with van der Waals surface area (Å²) in [5.74, 6) is 1.20. The first-order valence-electron chi connectivity index (χ1n) is 5.44. The molecule has 1 rings (SSSR count). The maximum atomic E-state index is 10.6. The van der Waals surface area contributed by atoms with Crippen LogP contribution in [0.3, 0.4) is 0 Å². The van der Waals surface area contributed by atoms with Crippen LogP contribution in [-0.4, -0.2) is 27.0 Å². The summed E-state index contributed by atoms with van der Waals surface area (Å²) >= 11 is 1.49. The van der Waals surface area contributed by atoms with Crippen molar-refractivity contribution in [1.29, 1.82) is 0 Å². The van der Waals surface area contributed by atoms with Gasteiger partial charge in [0.15, 0.2) is 5.82 Å². The van der Waals surface area contributed by atoms with E-state index < -0.39 is 5.97 Å². The Morgan fingerprint density at radius 3 is 2.65 bits per heavy atom. The van der Waals surface area contributed by atoms with Crippen molar-refractivity contribution >= 4 is 17.7 Å². The summed E-state index contributed by atoms with van der Waals surface area (Å²) in [5.41, 5.74) is -0.124. The Kier molecular flexibility index (Phi) is 4.56. The number of aromatic nitrogens is 2. The Bertz CT molecular complexity index is 384. The average Bonchev–Trinajstić information content (AvgIpc) is 2.65. The summed E-state index contributed by atoms with van der Waals surface area (Å²) in [6.45, 7) is 7.73. The Morgan fingerprint density at radius 2 is 2.18 bits per heavy atom. The van der Waals surface area contributed by atoms with Gasteiger partial charge >= 0.3 is 5.97 Å². The number of rotatable bonds is 5. The fourth-order valence-electron chi connectivity index (χ4n) is 1.01. The van der Waals surface area contributed by atoms with E-state index in [1.165, 1.54) is 11.8 Å². The predicted octanol–water partition coefficient (Wildman–Crippen LogP) is 2.32. The van der Waals surface area contributed by atoms with Crippen LogP contribution in [0.4, 0.5) is 0 Å². The third-order valence-corrected chi connectivity index (χ3v) is 3.34. The summed E-state index contributed by atoms with van der Waals surface area (Å²) < 4.78 is 5.10. The molecule has 6 heteroatoms. The summed E-state index contributed by atoms with van der Waals surface area (Å²) in [7, 11) is 0. The molecule has 0 aliphatic carbocycles. The number of carbonyl (C=O) groups is 1. The number of aliphatic carboxylic acids is 1. The van der Waals surface area contributed by atoms with Gasteiger partial charge < -0.3 is 9.63 Å². The van der Waals surface area contributed by atoms with E-state index in [1.54, 1.807) is 6.92 Å². The number of hydrogen-bond acceptors (Lipinski definition) is 5. The fourth-order valence-corrected chi connectivity index (χ4v) is 1.92. The van der Waals surface area contributed by atoms with Crippen LogP contribution >= 0.6 is 11.8 Å². The van der Waals surface area contributed by atoms with Crippen molar-refractivity contribution in [3.8, 4) is 0 Å². The van der Waals surface area contributed by atoms with Crippen molar-refractivity contribution in [2.75, 3.05) is 5.75 Å². The second-order valence-electron chi connectivity index (χ2n) is 5.02. The lowest BCUT2D eigenvalue weighted by molar-refractivity contribution is -0.140. The van der Waals surface area contributed by atoms with E-state index in [-0.39, 0.29) is 11.3 Å². The third kappa shape index (κ3) is 4.38. The van der Waals surface area contributed by atoms with E-state index in [0.717, 1.165) is 0 Å².